The lowest BCUT2D eigenvalue weighted by Gasteiger charge is -2.28. The van der Waals surface area contributed by atoms with Crippen molar-refractivity contribution in [2.45, 2.75) is 25.3 Å². The van der Waals surface area contributed by atoms with Crippen molar-refractivity contribution in [2.75, 3.05) is 5.32 Å². The molecule has 2 aromatic heterocycles. The van der Waals surface area contributed by atoms with Crippen LogP contribution in [0.5, 0.6) is 0 Å². The molecule has 1 fully saturated rings. The molecule has 0 spiro atoms. The van der Waals surface area contributed by atoms with Gasteiger partial charge in [0.1, 0.15) is 5.69 Å². The molecule has 0 aliphatic heterocycles. The van der Waals surface area contributed by atoms with Gasteiger partial charge in [0.05, 0.1) is 0 Å². The van der Waals surface area contributed by atoms with E-state index in [2.05, 4.69) is 15.5 Å². The molecule has 3 rings (SSSR count). The third-order valence-corrected chi connectivity index (χ3v) is 3.55. The zero-order valence-electron chi connectivity index (χ0n) is 10.2. The normalized spacial score (nSPS) is 15.0. The summed E-state index contributed by atoms with van der Waals surface area (Å²) in [5, 5.41) is 10.5. The maximum Gasteiger partial charge on any atom is 0.273 e. The Bertz CT molecular complexity index is 589. The van der Waals surface area contributed by atoms with E-state index in [0.29, 0.717) is 22.7 Å². The van der Waals surface area contributed by atoms with Gasteiger partial charge in [0.25, 0.3) is 5.91 Å². The second kappa shape index (κ2) is 5.01. The van der Waals surface area contributed by atoms with Crippen LogP contribution in [0.1, 0.15) is 35.8 Å². The summed E-state index contributed by atoms with van der Waals surface area (Å²) < 4.78 is 2.03. The Kier molecular flexibility index (Phi) is 3.21. The highest BCUT2D eigenvalue weighted by molar-refractivity contribution is 6.29. The fourth-order valence-electron chi connectivity index (χ4n) is 2.13. The fourth-order valence-corrected chi connectivity index (χ4v) is 2.23. The van der Waals surface area contributed by atoms with E-state index in [9.17, 15) is 4.79 Å². The van der Waals surface area contributed by atoms with Gasteiger partial charge in [-0.25, -0.2) is 0 Å². The molecule has 0 radical (unpaired) electrons. The van der Waals surface area contributed by atoms with E-state index in [-0.39, 0.29) is 5.91 Å². The molecule has 1 aliphatic carbocycles. The second-order valence-corrected chi connectivity index (χ2v) is 4.97. The van der Waals surface area contributed by atoms with Gasteiger partial charge in [0, 0.05) is 12.2 Å². The van der Waals surface area contributed by atoms with E-state index in [0.717, 1.165) is 12.8 Å². The summed E-state index contributed by atoms with van der Waals surface area (Å²) in [6.45, 7) is 0. The molecule has 0 aromatic carbocycles. The first kappa shape index (κ1) is 12.2. The lowest BCUT2D eigenvalue weighted by atomic mass is 9.93. The molecule has 6 heteroatoms. The standard InChI is InChI=1S/C13H13ClN4O/c14-11-6-7-12(17-16-11)15-13(19)10-5-2-8-18(10)9-3-1-4-9/h2,5-9H,1,3-4H2,(H,15,17,19). The predicted molar refractivity (Wildman–Crippen MR) is 72.3 cm³/mol. The van der Waals surface area contributed by atoms with Crippen molar-refractivity contribution >= 4 is 23.3 Å². The molecule has 2 aromatic rings. The first-order valence-corrected chi connectivity index (χ1v) is 6.59. The Labute approximate surface area is 115 Å². The van der Waals surface area contributed by atoms with Crippen LogP contribution < -0.4 is 5.32 Å². The molecule has 0 saturated heterocycles. The molecule has 98 valence electrons. The quantitative estimate of drug-likeness (QED) is 0.938. The van der Waals surface area contributed by atoms with Crippen LogP contribution in [-0.4, -0.2) is 20.7 Å². The van der Waals surface area contributed by atoms with E-state index in [4.69, 9.17) is 11.6 Å². The van der Waals surface area contributed by atoms with E-state index >= 15 is 0 Å². The van der Waals surface area contributed by atoms with Crippen molar-refractivity contribution in [2.24, 2.45) is 0 Å². The van der Waals surface area contributed by atoms with Crippen molar-refractivity contribution in [3.05, 3.63) is 41.3 Å². The predicted octanol–water partition coefficient (Wildman–Crippen LogP) is 2.91. The van der Waals surface area contributed by atoms with Crippen LogP contribution in [0.4, 0.5) is 5.82 Å². The van der Waals surface area contributed by atoms with Crippen molar-refractivity contribution in [3.63, 3.8) is 0 Å². The van der Waals surface area contributed by atoms with Gasteiger partial charge in [-0.3, -0.25) is 4.79 Å². The minimum absolute atomic E-state index is 0.173. The van der Waals surface area contributed by atoms with Crippen LogP contribution in [-0.2, 0) is 0 Å². The molecule has 19 heavy (non-hydrogen) atoms. The molecule has 1 saturated carbocycles. The first-order chi connectivity index (χ1) is 9.24. The van der Waals surface area contributed by atoms with Crippen molar-refractivity contribution in [1.29, 1.82) is 0 Å². The molecule has 0 atom stereocenters. The Balaban J connectivity index is 1.76. The number of nitrogens with zero attached hydrogens (tertiary/aromatic N) is 3. The van der Waals surface area contributed by atoms with Gasteiger partial charge in [-0.1, -0.05) is 11.6 Å². The minimum Gasteiger partial charge on any atom is -0.340 e. The molecule has 1 N–H and O–H groups in total. The summed E-state index contributed by atoms with van der Waals surface area (Å²) in [5.41, 5.74) is 0.654. The highest BCUT2D eigenvalue weighted by Gasteiger charge is 2.23. The second-order valence-electron chi connectivity index (χ2n) is 4.58. The number of anilines is 1. The Morgan fingerprint density at radius 2 is 2.16 bits per heavy atom. The lowest BCUT2D eigenvalue weighted by molar-refractivity contribution is 0.101. The Morgan fingerprint density at radius 1 is 1.32 bits per heavy atom. The summed E-state index contributed by atoms with van der Waals surface area (Å²) in [4.78, 5) is 12.2. The Morgan fingerprint density at radius 3 is 2.79 bits per heavy atom. The number of carbonyl (C=O) groups is 1. The van der Waals surface area contributed by atoms with Crippen molar-refractivity contribution in [1.82, 2.24) is 14.8 Å². The number of hydrogen-bond donors (Lipinski definition) is 1. The maximum absolute atomic E-state index is 12.2. The SMILES string of the molecule is O=C(Nc1ccc(Cl)nn1)c1cccn1C1CCC1. The average molecular weight is 277 g/mol. The zero-order chi connectivity index (χ0) is 13.2. The molecule has 5 nitrogen and oxygen atoms in total. The van der Waals surface area contributed by atoms with E-state index in [1.165, 1.54) is 6.42 Å². The van der Waals surface area contributed by atoms with Gasteiger partial charge in [0.15, 0.2) is 11.0 Å². The first-order valence-electron chi connectivity index (χ1n) is 6.21. The van der Waals surface area contributed by atoms with Crippen LogP contribution in [0.2, 0.25) is 5.15 Å². The third kappa shape index (κ3) is 2.46. The van der Waals surface area contributed by atoms with Gasteiger partial charge < -0.3 is 9.88 Å². The summed E-state index contributed by atoms with van der Waals surface area (Å²) in [5.74, 6) is 0.226. The lowest BCUT2D eigenvalue weighted by Crippen LogP contribution is -2.23. The number of aromatic nitrogens is 3. The molecule has 0 unspecified atom stereocenters. The van der Waals surface area contributed by atoms with E-state index < -0.39 is 0 Å². The van der Waals surface area contributed by atoms with Crippen LogP contribution in [0.3, 0.4) is 0 Å². The van der Waals surface area contributed by atoms with Crippen molar-refractivity contribution < 1.29 is 4.79 Å². The number of hydrogen-bond acceptors (Lipinski definition) is 3. The number of rotatable bonds is 3. The highest BCUT2D eigenvalue weighted by atomic mass is 35.5. The number of nitrogens with one attached hydrogen (secondary N) is 1. The summed E-state index contributed by atoms with van der Waals surface area (Å²) in [7, 11) is 0. The Hall–Kier alpha value is -1.88. The van der Waals surface area contributed by atoms with Crippen LogP contribution in [0.15, 0.2) is 30.5 Å². The van der Waals surface area contributed by atoms with Crippen LogP contribution in [0.25, 0.3) is 0 Å². The summed E-state index contributed by atoms with van der Waals surface area (Å²) >= 11 is 5.65. The largest absolute Gasteiger partial charge is 0.340 e. The number of halogens is 1. The molecule has 1 aliphatic rings. The van der Waals surface area contributed by atoms with Gasteiger partial charge >= 0.3 is 0 Å². The molecular formula is C13H13ClN4O. The average Bonchev–Trinajstić information content (AvgIpc) is 2.79. The van der Waals surface area contributed by atoms with Gasteiger partial charge in [0.2, 0.25) is 0 Å². The molecule has 2 heterocycles. The maximum atomic E-state index is 12.2. The van der Waals surface area contributed by atoms with Gasteiger partial charge in [-0.05, 0) is 43.5 Å². The monoisotopic (exact) mass is 276 g/mol. The van der Waals surface area contributed by atoms with Gasteiger partial charge in [-0.2, -0.15) is 0 Å². The topological polar surface area (TPSA) is 59.8 Å². The third-order valence-electron chi connectivity index (χ3n) is 3.35. The smallest absolute Gasteiger partial charge is 0.273 e. The minimum atomic E-state index is -0.173. The van der Waals surface area contributed by atoms with Crippen LogP contribution >= 0.6 is 11.6 Å². The van der Waals surface area contributed by atoms with Gasteiger partial charge in [-0.15, -0.1) is 10.2 Å². The molecule has 0 bridgehead atoms. The van der Waals surface area contributed by atoms with Crippen LogP contribution in [0, 0.1) is 0 Å². The summed E-state index contributed by atoms with van der Waals surface area (Å²) in [6.07, 6.45) is 5.45. The fraction of sp³-hybridized carbons (Fsp3) is 0.308. The van der Waals surface area contributed by atoms with E-state index in [1.54, 1.807) is 12.1 Å². The van der Waals surface area contributed by atoms with E-state index in [1.807, 2.05) is 22.9 Å². The molecular weight excluding hydrogens is 264 g/mol. The zero-order valence-corrected chi connectivity index (χ0v) is 11.0. The highest BCUT2D eigenvalue weighted by Crippen LogP contribution is 2.32. The number of amides is 1. The number of carbonyl (C=O) groups excluding carboxylic acids is 1. The molecule has 1 amide bonds. The van der Waals surface area contributed by atoms with Crippen molar-refractivity contribution in [3.8, 4) is 0 Å². The summed E-state index contributed by atoms with van der Waals surface area (Å²) in [6, 6.07) is 7.38.